The molecule has 0 aliphatic rings. The number of hydrogen-bond acceptors (Lipinski definition) is 7. The molecule has 5 rings (SSSR count). The van der Waals surface area contributed by atoms with Crippen molar-refractivity contribution in [2.45, 2.75) is 6.54 Å². The van der Waals surface area contributed by atoms with Crippen LogP contribution in [0.4, 0.5) is 0 Å². The third kappa shape index (κ3) is 2.98. The molecule has 3 aromatic heterocycles. The number of nitrogens with zero attached hydrogens (tertiary/aromatic N) is 6. The van der Waals surface area contributed by atoms with Crippen LogP contribution in [0, 0.1) is 0 Å². The number of nitrogens with one attached hydrogen (secondary N) is 1. The molecule has 138 valence electrons. The molecule has 3 heterocycles. The second-order valence-corrected chi connectivity index (χ2v) is 6.21. The maximum atomic E-state index is 5.37. The standard InChI is InChI=1S/C19H15N7O2/c1-27-14-5-2-12(3-6-14)9-26-10-17(23-25-26)19-22-18(24-28-19)13-4-7-15-16(8-13)21-11-20-15/h2-8,10-11H,9H2,1H3,(H,20,21). The van der Waals surface area contributed by atoms with E-state index in [-0.39, 0.29) is 0 Å². The Morgan fingerprint density at radius 2 is 2.04 bits per heavy atom. The minimum absolute atomic E-state index is 0.320. The molecule has 0 amide bonds. The molecule has 0 aliphatic carbocycles. The van der Waals surface area contributed by atoms with Crippen molar-refractivity contribution >= 4 is 11.0 Å². The molecule has 0 radical (unpaired) electrons. The fraction of sp³-hybridized carbons (Fsp3) is 0.105. The number of H-pyrrole nitrogens is 1. The third-order valence-electron chi connectivity index (χ3n) is 4.37. The molecular formula is C19H15N7O2. The van der Waals surface area contributed by atoms with Crippen LogP contribution in [0.3, 0.4) is 0 Å². The van der Waals surface area contributed by atoms with Gasteiger partial charge in [-0.2, -0.15) is 4.98 Å². The Bertz CT molecular complexity index is 1240. The monoisotopic (exact) mass is 373 g/mol. The average molecular weight is 373 g/mol. The lowest BCUT2D eigenvalue weighted by Gasteiger charge is -2.02. The summed E-state index contributed by atoms with van der Waals surface area (Å²) in [4.78, 5) is 11.7. The van der Waals surface area contributed by atoms with Crippen molar-refractivity contribution in [3.63, 3.8) is 0 Å². The van der Waals surface area contributed by atoms with Crippen LogP contribution in [0.1, 0.15) is 5.56 Å². The van der Waals surface area contributed by atoms with Gasteiger partial charge in [-0.05, 0) is 35.9 Å². The zero-order valence-corrected chi connectivity index (χ0v) is 14.9. The number of benzene rings is 2. The summed E-state index contributed by atoms with van der Waals surface area (Å²) in [7, 11) is 1.64. The molecule has 9 nitrogen and oxygen atoms in total. The zero-order valence-electron chi connectivity index (χ0n) is 14.9. The van der Waals surface area contributed by atoms with E-state index < -0.39 is 0 Å². The summed E-state index contributed by atoms with van der Waals surface area (Å²) in [6.45, 7) is 0.578. The summed E-state index contributed by atoms with van der Waals surface area (Å²) in [5.41, 5.74) is 4.23. The van der Waals surface area contributed by atoms with Crippen molar-refractivity contribution in [2.75, 3.05) is 7.11 Å². The van der Waals surface area contributed by atoms with E-state index in [2.05, 4.69) is 30.4 Å². The van der Waals surface area contributed by atoms with E-state index in [1.807, 2.05) is 42.5 Å². The van der Waals surface area contributed by atoms with Gasteiger partial charge in [-0.25, -0.2) is 9.67 Å². The number of methoxy groups -OCH3 is 1. The van der Waals surface area contributed by atoms with Gasteiger partial charge in [0, 0.05) is 5.56 Å². The third-order valence-corrected chi connectivity index (χ3v) is 4.37. The number of ether oxygens (including phenoxy) is 1. The van der Waals surface area contributed by atoms with Gasteiger partial charge >= 0.3 is 0 Å². The second kappa shape index (κ2) is 6.62. The predicted molar refractivity (Wildman–Crippen MR) is 100 cm³/mol. The van der Waals surface area contributed by atoms with E-state index in [1.54, 1.807) is 24.3 Å². The van der Waals surface area contributed by atoms with Crippen molar-refractivity contribution < 1.29 is 9.26 Å². The van der Waals surface area contributed by atoms with Crippen LogP contribution in [0.5, 0.6) is 5.75 Å². The molecule has 0 saturated carbocycles. The Hall–Kier alpha value is -4.01. The first-order valence-electron chi connectivity index (χ1n) is 8.59. The van der Waals surface area contributed by atoms with E-state index in [1.165, 1.54) is 0 Å². The van der Waals surface area contributed by atoms with Gasteiger partial charge in [-0.15, -0.1) is 5.10 Å². The average Bonchev–Trinajstić information content (AvgIpc) is 3.48. The SMILES string of the molecule is COc1ccc(Cn2cc(-c3nc(-c4ccc5nc[nH]c5c4)no3)nn2)cc1. The van der Waals surface area contributed by atoms with Crippen LogP contribution >= 0.6 is 0 Å². The topological polar surface area (TPSA) is 108 Å². The van der Waals surface area contributed by atoms with Gasteiger partial charge in [0.1, 0.15) is 5.75 Å². The van der Waals surface area contributed by atoms with Gasteiger partial charge in [-0.1, -0.05) is 22.5 Å². The van der Waals surface area contributed by atoms with E-state index in [0.717, 1.165) is 27.9 Å². The quantitative estimate of drug-likeness (QED) is 0.504. The maximum Gasteiger partial charge on any atom is 0.280 e. The maximum absolute atomic E-state index is 5.37. The molecule has 28 heavy (non-hydrogen) atoms. The normalized spacial score (nSPS) is 11.2. The van der Waals surface area contributed by atoms with Gasteiger partial charge < -0.3 is 14.2 Å². The Balaban J connectivity index is 1.37. The molecule has 0 spiro atoms. The van der Waals surface area contributed by atoms with Crippen LogP contribution in [-0.4, -0.2) is 42.2 Å². The summed E-state index contributed by atoms with van der Waals surface area (Å²) in [6, 6.07) is 13.5. The largest absolute Gasteiger partial charge is 0.497 e. The van der Waals surface area contributed by atoms with Crippen molar-refractivity contribution in [3.8, 4) is 28.7 Å². The van der Waals surface area contributed by atoms with Crippen molar-refractivity contribution in [1.82, 2.24) is 35.1 Å². The summed E-state index contributed by atoms with van der Waals surface area (Å²) >= 11 is 0. The fourth-order valence-electron chi connectivity index (χ4n) is 2.91. The highest BCUT2D eigenvalue weighted by molar-refractivity contribution is 5.80. The minimum Gasteiger partial charge on any atom is -0.497 e. The molecule has 0 fully saturated rings. The first-order valence-corrected chi connectivity index (χ1v) is 8.59. The highest BCUT2D eigenvalue weighted by Crippen LogP contribution is 2.23. The van der Waals surface area contributed by atoms with E-state index in [9.17, 15) is 0 Å². The molecule has 0 bridgehead atoms. The zero-order chi connectivity index (χ0) is 18.9. The summed E-state index contributed by atoms with van der Waals surface area (Å²) < 4.78 is 12.3. The molecule has 1 N–H and O–H groups in total. The summed E-state index contributed by atoms with van der Waals surface area (Å²) in [5, 5.41) is 12.3. The second-order valence-electron chi connectivity index (χ2n) is 6.21. The van der Waals surface area contributed by atoms with Crippen molar-refractivity contribution in [3.05, 3.63) is 60.6 Å². The molecule has 0 saturated heterocycles. The molecule has 0 aliphatic heterocycles. The van der Waals surface area contributed by atoms with Crippen LogP contribution in [-0.2, 0) is 6.54 Å². The Morgan fingerprint density at radius 1 is 1.14 bits per heavy atom. The highest BCUT2D eigenvalue weighted by Gasteiger charge is 2.15. The van der Waals surface area contributed by atoms with E-state index >= 15 is 0 Å². The van der Waals surface area contributed by atoms with Gasteiger partial charge in [-0.3, -0.25) is 0 Å². The van der Waals surface area contributed by atoms with E-state index in [0.29, 0.717) is 24.0 Å². The minimum atomic E-state index is 0.320. The number of hydrogen-bond donors (Lipinski definition) is 1. The molecule has 5 aromatic rings. The molecular weight excluding hydrogens is 358 g/mol. The molecule has 2 aromatic carbocycles. The van der Waals surface area contributed by atoms with Crippen molar-refractivity contribution in [1.29, 1.82) is 0 Å². The molecule has 9 heteroatoms. The molecule has 0 atom stereocenters. The number of imidazole rings is 1. The number of rotatable bonds is 5. The number of aromatic amines is 1. The van der Waals surface area contributed by atoms with Crippen LogP contribution in [0.15, 0.2) is 59.5 Å². The number of fused-ring (bicyclic) bond motifs is 1. The predicted octanol–water partition coefficient (Wildman–Crippen LogP) is 2.93. The first kappa shape index (κ1) is 16.2. The van der Waals surface area contributed by atoms with Crippen LogP contribution < -0.4 is 4.74 Å². The smallest absolute Gasteiger partial charge is 0.280 e. The van der Waals surface area contributed by atoms with Gasteiger partial charge in [0.05, 0.1) is 37.2 Å². The van der Waals surface area contributed by atoms with Crippen LogP contribution in [0.25, 0.3) is 34.0 Å². The first-order chi connectivity index (χ1) is 13.8. The lowest BCUT2D eigenvalue weighted by atomic mass is 10.2. The Kier molecular flexibility index (Phi) is 3.82. The van der Waals surface area contributed by atoms with Gasteiger partial charge in [0.25, 0.3) is 5.89 Å². The van der Waals surface area contributed by atoms with Crippen LogP contribution in [0.2, 0.25) is 0 Å². The van der Waals surface area contributed by atoms with Crippen molar-refractivity contribution in [2.24, 2.45) is 0 Å². The summed E-state index contributed by atoms with van der Waals surface area (Å²) in [5.74, 6) is 1.62. The molecule has 0 unspecified atom stereocenters. The highest BCUT2D eigenvalue weighted by atomic mass is 16.5. The lowest BCUT2D eigenvalue weighted by Crippen LogP contribution is -2.00. The lowest BCUT2D eigenvalue weighted by molar-refractivity contribution is 0.414. The van der Waals surface area contributed by atoms with E-state index in [4.69, 9.17) is 9.26 Å². The Morgan fingerprint density at radius 3 is 2.89 bits per heavy atom. The van der Waals surface area contributed by atoms with Gasteiger partial charge in [0.2, 0.25) is 5.82 Å². The summed E-state index contributed by atoms with van der Waals surface area (Å²) in [6.07, 6.45) is 3.43. The number of aromatic nitrogens is 7. The van der Waals surface area contributed by atoms with Gasteiger partial charge in [0.15, 0.2) is 5.69 Å². The fourth-order valence-corrected chi connectivity index (χ4v) is 2.91. The Labute approximate surface area is 159 Å².